The molecule has 4 nitrogen and oxygen atoms in total. The summed E-state index contributed by atoms with van der Waals surface area (Å²) < 4.78 is 54.5. The van der Waals surface area contributed by atoms with Crippen molar-refractivity contribution in [3.05, 3.63) is 24.1 Å². The molecule has 1 aromatic heterocycles. The van der Waals surface area contributed by atoms with Crippen LogP contribution in [-0.2, 0) is 4.79 Å². The van der Waals surface area contributed by atoms with Crippen LogP contribution in [0.1, 0.15) is 19.3 Å². The van der Waals surface area contributed by atoms with E-state index in [0.29, 0.717) is 13.0 Å². The Morgan fingerprint density at radius 1 is 1.43 bits per heavy atom. The summed E-state index contributed by atoms with van der Waals surface area (Å²) in [6.45, 7) is 0.519. The molecule has 116 valence electrons. The van der Waals surface area contributed by atoms with Crippen molar-refractivity contribution in [1.29, 1.82) is 0 Å². The first-order valence-electron chi connectivity index (χ1n) is 6.47. The largest absolute Gasteiger partial charge is 0.472 e. The van der Waals surface area contributed by atoms with Crippen LogP contribution in [0.4, 0.5) is 17.6 Å². The summed E-state index contributed by atoms with van der Waals surface area (Å²) in [5.74, 6) is -1.13. The van der Waals surface area contributed by atoms with E-state index in [2.05, 4.69) is 4.98 Å². The van der Waals surface area contributed by atoms with E-state index in [-0.39, 0.29) is 18.5 Å². The molecule has 2 rings (SSSR count). The summed E-state index contributed by atoms with van der Waals surface area (Å²) in [5, 5.41) is 0. The average Bonchev–Trinajstić information content (AvgIpc) is 2.83. The number of aromatic nitrogens is 1. The minimum absolute atomic E-state index is 0.101. The van der Waals surface area contributed by atoms with Gasteiger partial charge in [-0.3, -0.25) is 4.79 Å². The molecular formula is C13H14F4N2O2. The van der Waals surface area contributed by atoms with Gasteiger partial charge in [0, 0.05) is 25.5 Å². The molecule has 0 saturated carbocycles. The molecular weight excluding hydrogens is 292 g/mol. The molecule has 0 radical (unpaired) electrons. The number of carbonyl (C=O) groups excluding carboxylic acids is 1. The predicted octanol–water partition coefficient (Wildman–Crippen LogP) is 2.54. The first kappa shape index (κ1) is 15.5. The predicted molar refractivity (Wildman–Crippen MR) is 65.1 cm³/mol. The van der Waals surface area contributed by atoms with E-state index in [0.717, 1.165) is 0 Å². The van der Waals surface area contributed by atoms with E-state index < -0.39 is 30.9 Å². The normalized spacial score (nSPS) is 18.9. The average molecular weight is 306 g/mol. The Labute approximate surface area is 118 Å². The van der Waals surface area contributed by atoms with Crippen LogP contribution < -0.4 is 4.74 Å². The topological polar surface area (TPSA) is 42.4 Å². The second-order valence-corrected chi connectivity index (χ2v) is 4.78. The molecule has 1 amide bonds. The first-order chi connectivity index (χ1) is 9.83. The second-order valence-electron chi connectivity index (χ2n) is 4.78. The van der Waals surface area contributed by atoms with Gasteiger partial charge >= 0.3 is 6.18 Å². The number of nitrogens with zero attached hydrogens (tertiary/aromatic N) is 2. The maximum absolute atomic E-state index is 12.9. The lowest BCUT2D eigenvalue weighted by Crippen LogP contribution is -2.31. The molecule has 1 unspecified atom stereocenters. The van der Waals surface area contributed by atoms with Crippen molar-refractivity contribution in [3.8, 4) is 5.88 Å². The summed E-state index contributed by atoms with van der Waals surface area (Å²) in [7, 11) is 0. The highest BCUT2D eigenvalue weighted by Crippen LogP contribution is 2.23. The van der Waals surface area contributed by atoms with Gasteiger partial charge in [0.1, 0.15) is 6.10 Å². The van der Waals surface area contributed by atoms with Crippen LogP contribution in [0.25, 0.3) is 0 Å². The standard InChI is InChI=1S/C13H14F4N2O2/c14-10-2-1-3-11(18-10)21-9-5-7-19(8-9)12(20)4-6-13(15,16)17/h1-3,9H,4-8H2. The molecule has 21 heavy (non-hydrogen) atoms. The summed E-state index contributed by atoms with van der Waals surface area (Å²) in [4.78, 5) is 16.5. The third-order valence-electron chi connectivity index (χ3n) is 3.10. The SMILES string of the molecule is O=C(CCC(F)(F)F)N1CCC(Oc2cccc(F)n2)C1. The summed E-state index contributed by atoms with van der Waals surface area (Å²) >= 11 is 0. The fourth-order valence-corrected chi connectivity index (χ4v) is 2.08. The van der Waals surface area contributed by atoms with Crippen molar-refractivity contribution in [2.75, 3.05) is 13.1 Å². The van der Waals surface area contributed by atoms with Gasteiger partial charge in [-0.15, -0.1) is 0 Å². The number of amides is 1. The van der Waals surface area contributed by atoms with Gasteiger partial charge in [-0.1, -0.05) is 6.07 Å². The molecule has 0 N–H and O–H groups in total. The Morgan fingerprint density at radius 3 is 2.86 bits per heavy atom. The Bertz CT molecular complexity index is 507. The molecule has 1 atom stereocenters. The molecule has 8 heteroatoms. The van der Waals surface area contributed by atoms with Gasteiger partial charge < -0.3 is 9.64 Å². The Kier molecular flexibility index (Phi) is 4.64. The van der Waals surface area contributed by atoms with Crippen molar-refractivity contribution in [2.24, 2.45) is 0 Å². The zero-order valence-electron chi connectivity index (χ0n) is 11.1. The molecule has 1 aliphatic heterocycles. The maximum atomic E-state index is 12.9. The maximum Gasteiger partial charge on any atom is 0.389 e. The van der Waals surface area contributed by atoms with Gasteiger partial charge in [-0.05, 0) is 6.07 Å². The Balaban J connectivity index is 1.82. The number of likely N-dealkylation sites (tertiary alicyclic amines) is 1. The minimum Gasteiger partial charge on any atom is -0.472 e. The Hall–Kier alpha value is -1.86. The number of hydrogen-bond donors (Lipinski definition) is 0. The lowest BCUT2D eigenvalue weighted by atomic mass is 10.3. The number of alkyl halides is 3. The molecule has 0 spiro atoms. The highest BCUT2D eigenvalue weighted by atomic mass is 19.4. The van der Waals surface area contributed by atoms with Crippen LogP contribution in [0.15, 0.2) is 18.2 Å². The number of ether oxygens (including phenoxy) is 1. The van der Waals surface area contributed by atoms with Gasteiger partial charge in [0.2, 0.25) is 17.7 Å². The number of rotatable bonds is 4. The van der Waals surface area contributed by atoms with Crippen LogP contribution >= 0.6 is 0 Å². The second kappa shape index (κ2) is 6.28. The minimum atomic E-state index is -4.34. The van der Waals surface area contributed by atoms with Gasteiger partial charge in [-0.2, -0.15) is 22.5 Å². The fraction of sp³-hybridized carbons (Fsp3) is 0.538. The van der Waals surface area contributed by atoms with Gasteiger partial charge in [0.05, 0.1) is 13.0 Å². The van der Waals surface area contributed by atoms with Gasteiger partial charge in [0.15, 0.2) is 0 Å². The molecule has 0 aliphatic carbocycles. The molecule has 1 aromatic rings. The van der Waals surface area contributed by atoms with E-state index in [9.17, 15) is 22.4 Å². The van der Waals surface area contributed by atoms with E-state index in [1.54, 1.807) is 0 Å². The molecule has 0 bridgehead atoms. The molecule has 1 aliphatic rings. The Morgan fingerprint density at radius 2 is 2.19 bits per heavy atom. The monoisotopic (exact) mass is 306 g/mol. The molecule has 0 aromatic carbocycles. The van der Waals surface area contributed by atoms with Crippen molar-refractivity contribution < 1.29 is 27.1 Å². The number of hydrogen-bond acceptors (Lipinski definition) is 3. The van der Waals surface area contributed by atoms with Crippen molar-refractivity contribution in [2.45, 2.75) is 31.5 Å². The van der Waals surface area contributed by atoms with Crippen molar-refractivity contribution in [3.63, 3.8) is 0 Å². The summed E-state index contributed by atoms with van der Waals surface area (Å²) in [6, 6.07) is 4.10. The van der Waals surface area contributed by atoms with E-state index in [4.69, 9.17) is 4.74 Å². The third kappa shape index (κ3) is 4.87. The first-order valence-corrected chi connectivity index (χ1v) is 6.47. The lowest BCUT2D eigenvalue weighted by Gasteiger charge is -2.17. The molecule has 1 fully saturated rings. The third-order valence-corrected chi connectivity index (χ3v) is 3.10. The molecule has 2 heterocycles. The van der Waals surface area contributed by atoms with Crippen molar-refractivity contribution in [1.82, 2.24) is 9.88 Å². The van der Waals surface area contributed by atoms with Crippen LogP contribution in [0.5, 0.6) is 5.88 Å². The van der Waals surface area contributed by atoms with E-state index in [1.807, 2.05) is 0 Å². The summed E-state index contributed by atoms with van der Waals surface area (Å²) in [5.41, 5.74) is 0. The van der Waals surface area contributed by atoms with Crippen LogP contribution in [0.2, 0.25) is 0 Å². The number of carbonyl (C=O) groups is 1. The zero-order chi connectivity index (χ0) is 15.5. The van der Waals surface area contributed by atoms with Crippen molar-refractivity contribution >= 4 is 5.91 Å². The van der Waals surface area contributed by atoms with Crippen LogP contribution in [0.3, 0.4) is 0 Å². The van der Waals surface area contributed by atoms with Crippen LogP contribution in [0, 0.1) is 5.95 Å². The van der Waals surface area contributed by atoms with Gasteiger partial charge in [0.25, 0.3) is 0 Å². The highest BCUT2D eigenvalue weighted by Gasteiger charge is 2.32. The van der Waals surface area contributed by atoms with E-state index >= 15 is 0 Å². The quantitative estimate of drug-likeness (QED) is 0.634. The lowest BCUT2D eigenvalue weighted by molar-refractivity contribution is -0.148. The highest BCUT2D eigenvalue weighted by molar-refractivity contribution is 5.76. The fourth-order valence-electron chi connectivity index (χ4n) is 2.08. The number of halogens is 4. The van der Waals surface area contributed by atoms with Gasteiger partial charge in [-0.25, -0.2) is 0 Å². The smallest absolute Gasteiger partial charge is 0.389 e. The van der Waals surface area contributed by atoms with E-state index in [1.165, 1.54) is 23.1 Å². The number of pyridine rings is 1. The van der Waals surface area contributed by atoms with Crippen LogP contribution in [-0.4, -0.2) is 41.2 Å². The summed E-state index contributed by atoms with van der Waals surface area (Å²) in [6.07, 6.45) is -5.92. The molecule has 1 saturated heterocycles. The zero-order valence-corrected chi connectivity index (χ0v) is 11.1.